The lowest BCUT2D eigenvalue weighted by atomic mass is 9.98. The molecule has 3 rings (SSSR count). The zero-order chi connectivity index (χ0) is 16.2. The van der Waals surface area contributed by atoms with Crippen molar-refractivity contribution in [2.45, 2.75) is 19.9 Å². The predicted octanol–water partition coefficient (Wildman–Crippen LogP) is 2.60. The number of hydrogen-bond acceptors (Lipinski definition) is 5. The number of rotatable bonds is 4. The molecular formula is C17H16N4O2. The largest absolute Gasteiger partial charge is 0.340 e. The zero-order valence-electron chi connectivity index (χ0n) is 12.9. The molecule has 0 radical (unpaired) electrons. The Balaban J connectivity index is 1.94. The molecule has 1 amide bonds. The van der Waals surface area contributed by atoms with Crippen LogP contribution in [0.1, 0.15) is 38.9 Å². The van der Waals surface area contributed by atoms with E-state index in [-0.39, 0.29) is 17.6 Å². The Morgan fingerprint density at radius 2 is 1.65 bits per heavy atom. The van der Waals surface area contributed by atoms with Crippen molar-refractivity contribution in [3.8, 4) is 0 Å². The van der Waals surface area contributed by atoms with Crippen molar-refractivity contribution in [2.75, 3.05) is 0 Å². The monoisotopic (exact) mass is 308 g/mol. The molecular weight excluding hydrogens is 292 g/mol. The van der Waals surface area contributed by atoms with Gasteiger partial charge < -0.3 is 5.32 Å². The summed E-state index contributed by atoms with van der Waals surface area (Å²) < 4.78 is 4.60. The van der Waals surface area contributed by atoms with Crippen LogP contribution in [0.4, 0.5) is 0 Å². The van der Waals surface area contributed by atoms with Gasteiger partial charge in [0.2, 0.25) is 0 Å². The van der Waals surface area contributed by atoms with Gasteiger partial charge in [-0.25, -0.2) is 4.63 Å². The smallest absolute Gasteiger partial charge is 0.276 e. The zero-order valence-corrected chi connectivity index (χ0v) is 12.9. The fraction of sp³-hybridized carbons (Fsp3) is 0.176. The summed E-state index contributed by atoms with van der Waals surface area (Å²) in [5.41, 5.74) is 3.72. The molecule has 6 heteroatoms. The number of aromatic nitrogens is 3. The van der Waals surface area contributed by atoms with Crippen LogP contribution < -0.4 is 5.32 Å². The highest BCUT2D eigenvalue weighted by Crippen LogP contribution is 2.22. The van der Waals surface area contributed by atoms with Crippen molar-refractivity contribution in [2.24, 2.45) is 0 Å². The van der Waals surface area contributed by atoms with Gasteiger partial charge in [-0.3, -0.25) is 9.78 Å². The number of carbonyl (C=O) groups excluding carboxylic acids is 1. The number of amides is 1. The molecule has 0 saturated heterocycles. The lowest BCUT2D eigenvalue weighted by Crippen LogP contribution is -2.30. The Morgan fingerprint density at radius 1 is 1.00 bits per heavy atom. The molecule has 0 aliphatic carbocycles. The average Bonchev–Trinajstić information content (AvgIpc) is 3.00. The summed E-state index contributed by atoms with van der Waals surface area (Å²) in [6, 6.07) is 11.5. The molecule has 116 valence electrons. The standard InChI is InChI=1S/C17H16N4O2/c1-11-3-5-13(6-4-11)16(14-7-9-18-10-8-14)19-17(22)15-12(2)20-23-21-15/h3-10,16H,1-2H3,(H,19,22)/t16-/m0/s1. The summed E-state index contributed by atoms with van der Waals surface area (Å²) >= 11 is 0. The van der Waals surface area contributed by atoms with Crippen molar-refractivity contribution in [1.29, 1.82) is 0 Å². The molecule has 2 aromatic heterocycles. The quantitative estimate of drug-likeness (QED) is 0.801. The first-order valence-electron chi connectivity index (χ1n) is 7.21. The minimum Gasteiger partial charge on any atom is -0.340 e. The molecule has 1 aromatic carbocycles. The van der Waals surface area contributed by atoms with Crippen molar-refractivity contribution in [3.63, 3.8) is 0 Å². The third-order valence-corrected chi connectivity index (χ3v) is 3.59. The number of benzene rings is 1. The Labute approximate surface area is 133 Å². The number of aryl methyl sites for hydroxylation is 2. The van der Waals surface area contributed by atoms with Gasteiger partial charge in [0.05, 0.1) is 6.04 Å². The van der Waals surface area contributed by atoms with E-state index in [2.05, 4.69) is 25.2 Å². The van der Waals surface area contributed by atoms with Crippen LogP contribution >= 0.6 is 0 Å². The van der Waals surface area contributed by atoms with E-state index < -0.39 is 0 Å². The van der Waals surface area contributed by atoms with Crippen molar-refractivity contribution in [1.82, 2.24) is 20.6 Å². The highest BCUT2D eigenvalue weighted by atomic mass is 16.6. The van der Waals surface area contributed by atoms with Crippen LogP contribution in [-0.4, -0.2) is 21.2 Å². The van der Waals surface area contributed by atoms with E-state index in [1.54, 1.807) is 19.3 Å². The van der Waals surface area contributed by atoms with Gasteiger partial charge in [0.1, 0.15) is 5.69 Å². The second-order valence-electron chi connectivity index (χ2n) is 5.30. The maximum Gasteiger partial charge on any atom is 0.276 e. The Hall–Kier alpha value is -3.02. The molecule has 0 aliphatic rings. The Morgan fingerprint density at radius 3 is 2.26 bits per heavy atom. The van der Waals surface area contributed by atoms with Crippen LogP contribution in [0.25, 0.3) is 0 Å². The molecule has 3 aromatic rings. The summed E-state index contributed by atoms with van der Waals surface area (Å²) in [4.78, 5) is 16.5. The number of carbonyl (C=O) groups is 1. The topological polar surface area (TPSA) is 80.9 Å². The summed E-state index contributed by atoms with van der Waals surface area (Å²) in [5, 5.41) is 10.3. The molecule has 0 unspecified atom stereocenters. The van der Waals surface area contributed by atoms with Crippen molar-refractivity contribution >= 4 is 5.91 Å². The number of pyridine rings is 1. The van der Waals surface area contributed by atoms with Gasteiger partial charge in [0, 0.05) is 12.4 Å². The maximum atomic E-state index is 12.5. The summed E-state index contributed by atoms with van der Waals surface area (Å²) in [5.74, 6) is -0.328. The van der Waals surface area contributed by atoms with Gasteiger partial charge in [-0.05, 0) is 42.3 Å². The molecule has 1 atom stereocenters. The predicted molar refractivity (Wildman–Crippen MR) is 83.8 cm³/mol. The molecule has 6 nitrogen and oxygen atoms in total. The van der Waals surface area contributed by atoms with Gasteiger partial charge in [-0.15, -0.1) is 0 Å². The molecule has 0 bridgehead atoms. The van der Waals surface area contributed by atoms with E-state index in [9.17, 15) is 4.79 Å². The maximum absolute atomic E-state index is 12.5. The fourth-order valence-corrected chi connectivity index (χ4v) is 2.31. The van der Waals surface area contributed by atoms with Crippen LogP contribution in [0, 0.1) is 13.8 Å². The molecule has 0 fully saturated rings. The summed E-state index contributed by atoms with van der Waals surface area (Å²) in [6.07, 6.45) is 3.40. The molecule has 0 aliphatic heterocycles. The highest BCUT2D eigenvalue weighted by molar-refractivity contribution is 5.93. The van der Waals surface area contributed by atoms with Gasteiger partial charge in [-0.1, -0.05) is 35.0 Å². The lowest BCUT2D eigenvalue weighted by Gasteiger charge is -2.19. The normalized spacial score (nSPS) is 11.9. The number of nitrogens with one attached hydrogen (secondary N) is 1. The lowest BCUT2D eigenvalue weighted by molar-refractivity contribution is 0.0932. The van der Waals surface area contributed by atoms with E-state index in [1.807, 2.05) is 43.3 Å². The van der Waals surface area contributed by atoms with Gasteiger partial charge in [0.15, 0.2) is 5.69 Å². The van der Waals surface area contributed by atoms with Gasteiger partial charge >= 0.3 is 0 Å². The van der Waals surface area contributed by atoms with E-state index in [4.69, 9.17) is 0 Å². The first-order chi connectivity index (χ1) is 11.1. The van der Waals surface area contributed by atoms with Crippen molar-refractivity contribution < 1.29 is 9.42 Å². The average molecular weight is 308 g/mol. The van der Waals surface area contributed by atoms with Crippen molar-refractivity contribution in [3.05, 3.63) is 76.9 Å². The first-order valence-corrected chi connectivity index (χ1v) is 7.21. The van der Waals surface area contributed by atoms with E-state index in [0.717, 1.165) is 16.7 Å². The molecule has 23 heavy (non-hydrogen) atoms. The van der Waals surface area contributed by atoms with Crippen LogP contribution in [0.15, 0.2) is 53.4 Å². The second-order valence-corrected chi connectivity index (χ2v) is 5.30. The van der Waals surface area contributed by atoms with Crippen LogP contribution in [0.2, 0.25) is 0 Å². The second kappa shape index (κ2) is 6.39. The minimum absolute atomic E-state index is 0.191. The van der Waals surface area contributed by atoms with Gasteiger partial charge in [-0.2, -0.15) is 0 Å². The first kappa shape index (κ1) is 14.9. The van der Waals surface area contributed by atoms with Crippen LogP contribution in [0.3, 0.4) is 0 Å². The highest BCUT2D eigenvalue weighted by Gasteiger charge is 2.21. The van der Waals surface area contributed by atoms with E-state index in [0.29, 0.717) is 5.69 Å². The Kier molecular flexibility index (Phi) is 4.14. The van der Waals surface area contributed by atoms with Gasteiger partial charge in [0.25, 0.3) is 5.91 Å². The molecule has 0 spiro atoms. The third-order valence-electron chi connectivity index (χ3n) is 3.59. The van der Waals surface area contributed by atoms with Crippen LogP contribution in [0.5, 0.6) is 0 Å². The molecule has 2 heterocycles. The van der Waals surface area contributed by atoms with E-state index in [1.165, 1.54) is 0 Å². The van der Waals surface area contributed by atoms with Crippen LogP contribution in [-0.2, 0) is 0 Å². The summed E-state index contributed by atoms with van der Waals surface area (Å²) in [6.45, 7) is 3.70. The molecule has 1 N–H and O–H groups in total. The fourth-order valence-electron chi connectivity index (χ4n) is 2.31. The minimum atomic E-state index is -0.328. The molecule has 0 saturated carbocycles. The van der Waals surface area contributed by atoms with E-state index >= 15 is 0 Å². The summed E-state index contributed by atoms with van der Waals surface area (Å²) in [7, 11) is 0. The third kappa shape index (κ3) is 3.26. The Bertz CT molecular complexity index is 797. The number of nitrogens with zero attached hydrogens (tertiary/aromatic N) is 3. The SMILES string of the molecule is Cc1ccc([C@H](NC(=O)c2nonc2C)c2ccncc2)cc1. The number of hydrogen-bond donors (Lipinski definition) is 1.